The van der Waals surface area contributed by atoms with Crippen LogP contribution in [0.3, 0.4) is 0 Å². The van der Waals surface area contributed by atoms with Crippen molar-refractivity contribution >= 4 is 29.2 Å². The summed E-state index contributed by atoms with van der Waals surface area (Å²) >= 11 is 0. The number of hydrogen-bond acceptors (Lipinski definition) is 4. The first-order valence-electron chi connectivity index (χ1n) is 8.42. The standard InChI is InChI=1S/C20H22N2O4/c1-3-7-19(24)26-13-18(23)22-17-11-5-4-10-16(17)20(25)21-15-9-6-8-14(2)12-15/h4-6,8-12H,3,7,13H2,1-2H3,(H,21,25)(H,22,23). The molecule has 0 unspecified atom stereocenters. The van der Waals surface area contributed by atoms with Gasteiger partial charge in [0, 0.05) is 12.1 Å². The van der Waals surface area contributed by atoms with Gasteiger partial charge in [0.15, 0.2) is 6.61 Å². The maximum atomic E-state index is 12.5. The first-order valence-corrected chi connectivity index (χ1v) is 8.42. The average Bonchev–Trinajstić information content (AvgIpc) is 2.61. The molecule has 0 aliphatic carbocycles. The molecule has 0 spiro atoms. The summed E-state index contributed by atoms with van der Waals surface area (Å²) in [4.78, 5) is 35.8. The number of amides is 2. The predicted molar refractivity (Wildman–Crippen MR) is 100 cm³/mol. The molecule has 136 valence electrons. The van der Waals surface area contributed by atoms with E-state index >= 15 is 0 Å². The Kier molecular flexibility index (Phi) is 6.91. The molecule has 0 atom stereocenters. The van der Waals surface area contributed by atoms with Gasteiger partial charge in [0.2, 0.25) is 0 Å². The second kappa shape index (κ2) is 9.36. The molecule has 0 aromatic heterocycles. The number of esters is 1. The summed E-state index contributed by atoms with van der Waals surface area (Å²) in [6.45, 7) is 3.40. The third kappa shape index (κ3) is 5.73. The van der Waals surface area contributed by atoms with Crippen LogP contribution in [-0.4, -0.2) is 24.4 Å². The van der Waals surface area contributed by atoms with Gasteiger partial charge in [0.05, 0.1) is 11.3 Å². The lowest BCUT2D eigenvalue weighted by Gasteiger charge is -2.12. The van der Waals surface area contributed by atoms with Gasteiger partial charge in [-0.05, 0) is 43.2 Å². The Morgan fingerprint density at radius 1 is 1.00 bits per heavy atom. The molecule has 0 aliphatic rings. The second-order valence-electron chi connectivity index (χ2n) is 5.83. The van der Waals surface area contributed by atoms with Crippen LogP contribution in [0.2, 0.25) is 0 Å². The van der Waals surface area contributed by atoms with Gasteiger partial charge in [0.25, 0.3) is 11.8 Å². The van der Waals surface area contributed by atoms with Gasteiger partial charge >= 0.3 is 5.97 Å². The molecule has 0 fully saturated rings. The molecule has 6 nitrogen and oxygen atoms in total. The van der Waals surface area contributed by atoms with Crippen molar-refractivity contribution in [2.75, 3.05) is 17.2 Å². The van der Waals surface area contributed by atoms with Gasteiger partial charge in [-0.2, -0.15) is 0 Å². The summed E-state index contributed by atoms with van der Waals surface area (Å²) in [5.74, 6) is -1.26. The number of hydrogen-bond donors (Lipinski definition) is 2. The molecule has 0 saturated heterocycles. The van der Waals surface area contributed by atoms with Crippen LogP contribution in [0, 0.1) is 6.92 Å². The van der Waals surface area contributed by atoms with E-state index in [4.69, 9.17) is 4.74 Å². The number of aryl methyl sites for hydroxylation is 1. The number of para-hydroxylation sites is 1. The Morgan fingerprint density at radius 3 is 2.50 bits per heavy atom. The van der Waals surface area contributed by atoms with Crippen molar-refractivity contribution in [2.45, 2.75) is 26.7 Å². The monoisotopic (exact) mass is 354 g/mol. The highest BCUT2D eigenvalue weighted by Crippen LogP contribution is 2.18. The van der Waals surface area contributed by atoms with E-state index in [0.717, 1.165) is 5.56 Å². The van der Waals surface area contributed by atoms with Crippen molar-refractivity contribution in [3.05, 3.63) is 59.7 Å². The molecule has 2 amide bonds. The average molecular weight is 354 g/mol. The van der Waals surface area contributed by atoms with Gasteiger partial charge in [-0.3, -0.25) is 14.4 Å². The van der Waals surface area contributed by atoms with Crippen LogP contribution in [0.25, 0.3) is 0 Å². The highest BCUT2D eigenvalue weighted by Gasteiger charge is 2.14. The van der Waals surface area contributed by atoms with Crippen LogP contribution >= 0.6 is 0 Å². The van der Waals surface area contributed by atoms with Crippen LogP contribution in [0.5, 0.6) is 0 Å². The first-order chi connectivity index (χ1) is 12.5. The molecule has 0 bridgehead atoms. The largest absolute Gasteiger partial charge is 0.456 e. The van der Waals surface area contributed by atoms with Gasteiger partial charge in [-0.25, -0.2) is 0 Å². The van der Waals surface area contributed by atoms with Gasteiger partial charge in [-0.1, -0.05) is 31.2 Å². The van der Waals surface area contributed by atoms with E-state index in [1.165, 1.54) is 0 Å². The third-order valence-corrected chi connectivity index (χ3v) is 3.54. The minimum Gasteiger partial charge on any atom is -0.456 e. The Labute approximate surface area is 152 Å². The summed E-state index contributed by atoms with van der Waals surface area (Å²) in [5.41, 5.74) is 2.37. The zero-order valence-corrected chi connectivity index (χ0v) is 14.9. The molecule has 0 aliphatic heterocycles. The third-order valence-electron chi connectivity index (χ3n) is 3.54. The SMILES string of the molecule is CCCC(=O)OCC(=O)Nc1ccccc1C(=O)Nc1cccc(C)c1. The van der Waals surface area contributed by atoms with Crippen LogP contribution < -0.4 is 10.6 Å². The number of benzene rings is 2. The fourth-order valence-electron chi connectivity index (χ4n) is 2.32. The van der Waals surface area contributed by atoms with Crippen molar-refractivity contribution in [1.82, 2.24) is 0 Å². The lowest BCUT2D eigenvalue weighted by atomic mass is 10.1. The fraction of sp³-hybridized carbons (Fsp3) is 0.250. The highest BCUT2D eigenvalue weighted by atomic mass is 16.5. The van der Waals surface area contributed by atoms with Crippen LogP contribution in [0.1, 0.15) is 35.7 Å². The molecular formula is C20H22N2O4. The van der Waals surface area contributed by atoms with Crippen molar-refractivity contribution in [3.63, 3.8) is 0 Å². The van der Waals surface area contributed by atoms with Crippen LogP contribution in [0.15, 0.2) is 48.5 Å². The van der Waals surface area contributed by atoms with E-state index in [2.05, 4.69) is 10.6 Å². The van der Waals surface area contributed by atoms with E-state index in [-0.39, 0.29) is 18.9 Å². The van der Waals surface area contributed by atoms with Crippen molar-refractivity contribution in [2.24, 2.45) is 0 Å². The van der Waals surface area contributed by atoms with Crippen LogP contribution in [-0.2, 0) is 14.3 Å². The number of carbonyl (C=O) groups is 3. The Balaban J connectivity index is 2.03. The summed E-state index contributed by atoms with van der Waals surface area (Å²) in [6, 6.07) is 14.1. The van der Waals surface area contributed by atoms with Crippen LogP contribution in [0.4, 0.5) is 11.4 Å². The Morgan fingerprint density at radius 2 is 1.77 bits per heavy atom. The molecule has 2 aromatic rings. The summed E-state index contributed by atoms with van der Waals surface area (Å²) in [6.07, 6.45) is 0.922. The molecule has 0 radical (unpaired) electrons. The minimum absolute atomic E-state index is 0.267. The molecule has 6 heteroatoms. The number of nitrogens with one attached hydrogen (secondary N) is 2. The zero-order valence-electron chi connectivity index (χ0n) is 14.9. The zero-order chi connectivity index (χ0) is 18.9. The smallest absolute Gasteiger partial charge is 0.306 e. The number of rotatable bonds is 7. The van der Waals surface area contributed by atoms with E-state index in [9.17, 15) is 14.4 Å². The van der Waals surface area contributed by atoms with Gasteiger partial charge in [0.1, 0.15) is 0 Å². The maximum absolute atomic E-state index is 12.5. The van der Waals surface area contributed by atoms with Crippen molar-refractivity contribution in [3.8, 4) is 0 Å². The van der Waals surface area contributed by atoms with E-state index < -0.39 is 11.9 Å². The topological polar surface area (TPSA) is 84.5 Å². The number of anilines is 2. The molecule has 0 heterocycles. The molecule has 0 saturated carbocycles. The van der Waals surface area contributed by atoms with Crippen molar-refractivity contribution < 1.29 is 19.1 Å². The fourth-order valence-corrected chi connectivity index (χ4v) is 2.32. The second-order valence-corrected chi connectivity index (χ2v) is 5.83. The molecule has 2 N–H and O–H groups in total. The molecule has 2 aromatic carbocycles. The Bertz CT molecular complexity index is 802. The number of ether oxygens (including phenoxy) is 1. The summed E-state index contributed by atoms with van der Waals surface area (Å²) in [5, 5.41) is 5.41. The van der Waals surface area contributed by atoms with Gasteiger partial charge < -0.3 is 15.4 Å². The maximum Gasteiger partial charge on any atom is 0.306 e. The molecule has 26 heavy (non-hydrogen) atoms. The Hall–Kier alpha value is -3.15. The van der Waals surface area contributed by atoms with E-state index in [1.807, 2.05) is 32.0 Å². The minimum atomic E-state index is -0.495. The lowest BCUT2D eigenvalue weighted by Crippen LogP contribution is -2.23. The van der Waals surface area contributed by atoms with Crippen molar-refractivity contribution in [1.29, 1.82) is 0 Å². The van der Waals surface area contributed by atoms with Gasteiger partial charge in [-0.15, -0.1) is 0 Å². The molecular weight excluding hydrogens is 332 g/mol. The van der Waals surface area contributed by atoms with E-state index in [0.29, 0.717) is 23.4 Å². The molecule has 2 rings (SSSR count). The lowest BCUT2D eigenvalue weighted by molar-refractivity contribution is -0.147. The number of carbonyl (C=O) groups excluding carboxylic acids is 3. The summed E-state index contributed by atoms with van der Waals surface area (Å²) < 4.78 is 4.87. The highest BCUT2D eigenvalue weighted by molar-refractivity contribution is 6.10. The summed E-state index contributed by atoms with van der Waals surface area (Å²) in [7, 11) is 0. The quantitative estimate of drug-likeness (QED) is 0.745. The van der Waals surface area contributed by atoms with E-state index in [1.54, 1.807) is 30.3 Å². The predicted octanol–water partition coefficient (Wildman–Crippen LogP) is 3.53. The normalized spacial score (nSPS) is 10.1. The first kappa shape index (κ1) is 19.2.